The van der Waals surface area contributed by atoms with Crippen molar-refractivity contribution in [1.29, 1.82) is 0 Å². The molecule has 3 rings (SSSR count). The quantitative estimate of drug-likeness (QED) is 0.576. The maximum atomic E-state index is 12.7. The highest BCUT2D eigenvalue weighted by Crippen LogP contribution is 2.36. The van der Waals surface area contributed by atoms with E-state index in [0.717, 1.165) is 11.1 Å². The second-order valence-corrected chi connectivity index (χ2v) is 6.60. The van der Waals surface area contributed by atoms with Gasteiger partial charge in [0.25, 0.3) is 0 Å². The zero-order valence-electron chi connectivity index (χ0n) is 15.4. The van der Waals surface area contributed by atoms with Gasteiger partial charge in [-0.1, -0.05) is 74.5 Å². The maximum absolute atomic E-state index is 12.7. The topological polar surface area (TPSA) is 61.8 Å². The first-order valence-corrected chi connectivity index (χ1v) is 8.91. The predicted molar refractivity (Wildman–Crippen MR) is 100 cm³/mol. The molecule has 0 aliphatic carbocycles. The van der Waals surface area contributed by atoms with Crippen LogP contribution in [0.25, 0.3) is 6.08 Å². The first-order chi connectivity index (χ1) is 13.0. The van der Waals surface area contributed by atoms with Crippen molar-refractivity contribution in [3.63, 3.8) is 0 Å². The van der Waals surface area contributed by atoms with E-state index in [9.17, 15) is 9.59 Å². The molecular formula is C22H22O5. The minimum atomic E-state index is -1.76. The number of hydrogen-bond acceptors (Lipinski definition) is 5. The van der Waals surface area contributed by atoms with E-state index >= 15 is 0 Å². The minimum Gasteiger partial charge on any atom is -0.460 e. The van der Waals surface area contributed by atoms with Gasteiger partial charge >= 0.3 is 17.7 Å². The van der Waals surface area contributed by atoms with Gasteiger partial charge in [-0.3, -0.25) is 0 Å². The molecule has 5 nitrogen and oxygen atoms in total. The molecule has 1 fully saturated rings. The Hall–Kier alpha value is -3.08. The summed E-state index contributed by atoms with van der Waals surface area (Å²) in [6.45, 7) is 3.67. The van der Waals surface area contributed by atoms with Gasteiger partial charge in [-0.15, -0.1) is 0 Å². The summed E-state index contributed by atoms with van der Waals surface area (Å²) < 4.78 is 16.4. The summed E-state index contributed by atoms with van der Waals surface area (Å²) in [5.74, 6) is -3.54. The lowest BCUT2D eigenvalue weighted by atomic mass is 10.0. The smallest absolute Gasteiger partial charge is 0.393 e. The molecule has 0 bridgehead atoms. The molecule has 1 aliphatic rings. The van der Waals surface area contributed by atoms with Gasteiger partial charge in [0, 0.05) is 12.3 Å². The number of rotatable bonds is 6. The van der Waals surface area contributed by atoms with Crippen LogP contribution in [0.1, 0.15) is 25.0 Å². The largest absolute Gasteiger partial charge is 0.460 e. The van der Waals surface area contributed by atoms with Crippen molar-refractivity contribution in [1.82, 2.24) is 0 Å². The van der Waals surface area contributed by atoms with Gasteiger partial charge in [0.2, 0.25) is 5.76 Å². The SMILES string of the molecule is CC(C)C1(C(=O)OCCc2ccccc2)OC(=O)/C(=C/c2ccccc2)O1. The van der Waals surface area contributed by atoms with E-state index in [2.05, 4.69) is 0 Å². The van der Waals surface area contributed by atoms with Gasteiger partial charge in [-0.05, 0) is 17.2 Å². The molecule has 2 aromatic rings. The van der Waals surface area contributed by atoms with Crippen molar-refractivity contribution in [2.24, 2.45) is 5.92 Å². The third kappa shape index (κ3) is 4.19. The molecule has 1 saturated heterocycles. The summed E-state index contributed by atoms with van der Waals surface area (Å²) >= 11 is 0. The van der Waals surface area contributed by atoms with Crippen LogP contribution < -0.4 is 0 Å². The van der Waals surface area contributed by atoms with E-state index in [-0.39, 0.29) is 12.4 Å². The number of carbonyl (C=O) groups is 2. The molecule has 1 atom stereocenters. The van der Waals surface area contributed by atoms with Gasteiger partial charge in [0.15, 0.2) is 0 Å². The van der Waals surface area contributed by atoms with Crippen LogP contribution in [0.4, 0.5) is 0 Å². The number of carbonyl (C=O) groups excluding carboxylic acids is 2. The van der Waals surface area contributed by atoms with Crippen LogP contribution in [-0.2, 0) is 30.2 Å². The second kappa shape index (κ2) is 8.08. The molecule has 2 aromatic carbocycles. The summed E-state index contributed by atoms with van der Waals surface area (Å²) in [6.07, 6.45) is 2.13. The Bertz CT molecular complexity index is 826. The highest BCUT2D eigenvalue weighted by molar-refractivity contribution is 5.97. The van der Waals surface area contributed by atoms with E-state index in [0.29, 0.717) is 6.42 Å². The number of ether oxygens (including phenoxy) is 3. The van der Waals surface area contributed by atoms with E-state index in [1.165, 1.54) is 0 Å². The molecule has 0 N–H and O–H groups in total. The normalized spacial score (nSPS) is 20.4. The van der Waals surface area contributed by atoms with Crippen molar-refractivity contribution in [2.75, 3.05) is 6.61 Å². The van der Waals surface area contributed by atoms with Crippen LogP contribution in [0, 0.1) is 5.92 Å². The van der Waals surface area contributed by atoms with Crippen molar-refractivity contribution in [3.8, 4) is 0 Å². The number of cyclic esters (lactones) is 1. The zero-order valence-corrected chi connectivity index (χ0v) is 15.4. The highest BCUT2D eigenvalue weighted by atomic mass is 16.8. The molecule has 5 heteroatoms. The Balaban J connectivity index is 1.71. The number of benzene rings is 2. The first-order valence-electron chi connectivity index (χ1n) is 8.91. The lowest BCUT2D eigenvalue weighted by Gasteiger charge is -2.27. The Kier molecular flexibility index (Phi) is 5.60. The van der Waals surface area contributed by atoms with Crippen molar-refractivity contribution in [3.05, 3.63) is 77.5 Å². The summed E-state index contributed by atoms with van der Waals surface area (Å²) in [4.78, 5) is 25.0. The second-order valence-electron chi connectivity index (χ2n) is 6.60. The average molecular weight is 366 g/mol. The molecule has 0 spiro atoms. The Morgan fingerprint density at radius 3 is 2.30 bits per heavy atom. The van der Waals surface area contributed by atoms with Crippen molar-refractivity contribution in [2.45, 2.75) is 26.1 Å². The van der Waals surface area contributed by atoms with Gasteiger partial charge in [-0.25, -0.2) is 9.59 Å². The third-order valence-corrected chi connectivity index (χ3v) is 4.32. The number of esters is 2. The minimum absolute atomic E-state index is 0.00471. The van der Waals surface area contributed by atoms with Gasteiger partial charge < -0.3 is 14.2 Å². The van der Waals surface area contributed by atoms with Gasteiger partial charge in [-0.2, -0.15) is 0 Å². The van der Waals surface area contributed by atoms with Crippen LogP contribution in [0.15, 0.2) is 66.4 Å². The Morgan fingerprint density at radius 1 is 1.04 bits per heavy atom. The molecule has 1 aliphatic heterocycles. The number of hydrogen-bond donors (Lipinski definition) is 0. The van der Waals surface area contributed by atoms with E-state index in [4.69, 9.17) is 14.2 Å². The Labute approximate surface area is 158 Å². The summed E-state index contributed by atoms with van der Waals surface area (Å²) in [6, 6.07) is 18.9. The van der Waals surface area contributed by atoms with Crippen LogP contribution in [0.5, 0.6) is 0 Å². The molecule has 1 unspecified atom stereocenters. The lowest BCUT2D eigenvalue weighted by Crippen LogP contribution is -2.46. The molecule has 140 valence electrons. The fourth-order valence-electron chi connectivity index (χ4n) is 2.76. The standard InChI is InChI=1S/C22H22O5/c1-16(2)22(21(24)25-14-13-17-9-5-3-6-10-17)26-19(20(23)27-22)15-18-11-7-4-8-12-18/h3-12,15-16H,13-14H2,1-2H3/b19-15-. The van der Waals surface area contributed by atoms with Gasteiger partial charge in [0.1, 0.15) is 0 Å². The fourth-order valence-corrected chi connectivity index (χ4v) is 2.76. The predicted octanol–water partition coefficient (Wildman–Crippen LogP) is 3.74. The molecule has 0 saturated carbocycles. The molecule has 0 aromatic heterocycles. The molecule has 1 heterocycles. The maximum Gasteiger partial charge on any atom is 0.393 e. The highest BCUT2D eigenvalue weighted by Gasteiger charge is 2.56. The van der Waals surface area contributed by atoms with E-state index in [1.54, 1.807) is 19.9 Å². The van der Waals surface area contributed by atoms with Crippen molar-refractivity contribution >= 4 is 18.0 Å². The first kappa shape index (κ1) is 18.7. The third-order valence-electron chi connectivity index (χ3n) is 4.32. The van der Waals surface area contributed by atoms with Crippen LogP contribution in [0.3, 0.4) is 0 Å². The van der Waals surface area contributed by atoms with Crippen LogP contribution in [0.2, 0.25) is 0 Å². The fraction of sp³-hybridized carbons (Fsp3) is 0.273. The molecule has 27 heavy (non-hydrogen) atoms. The molecule has 0 radical (unpaired) electrons. The zero-order chi connectivity index (χ0) is 19.3. The van der Waals surface area contributed by atoms with E-state index in [1.807, 2.05) is 60.7 Å². The monoisotopic (exact) mass is 366 g/mol. The van der Waals surface area contributed by atoms with E-state index < -0.39 is 23.6 Å². The summed E-state index contributed by atoms with van der Waals surface area (Å²) in [7, 11) is 0. The lowest BCUT2D eigenvalue weighted by molar-refractivity contribution is -0.217. The van der Waals surface area contributed by atoms with Crippen LogP contribution in [-0.4, -0.2) is 24.3 Å². The summed E-state index contributed by atoms with van der Waals surface area (Å²) in [5, 5.41) is 0. The molecular weight excluding hydrogens is 344 g/mol. The molecule has 0 amide bonds. The Morgan fingerprint density at radius 2 is 1.67 bits per heavy atom. The summed E-state index contributed by atoms with van der Waals surface area (Å²) in [5.41, 5.74) is 1.83. The van der Waals surface area contributed by atoms with Crippen LogP contribution >= 0.6 is 0 Å². The van der Waals surface area contributed by atoms with Gasteiger partial charge in [0.05, 0.1) is 6.61 Å². The van der Waals surface area contributed by atoms with Crippen molar-refractivity contribution < 1.29 is 23.8 Å². The average Bonchev–Trinajstić information content (AvgIpc) is 3.01.